The molecule has 0 saturated carbocycles. The lowest BCUT2D eigenvalue weighted by molar-refractivity contribution is -0.137. The maximum absolute atomic E-state index is 12.8. The van der Waals surface area contributed by atoms with Gasteiger partial charge in [0.2, 0.25) is 5.91 Å². The van der Waals surface area contributed by atoms with Gasteiger partial charge in [0, 0.05) is 6.54 Å². The maximum atomic E-state index is 12.8. The summed E-state index contributed by atoms with van der Waals surface area (Å²) in [5, 5.41) is 2.91. The second-order valence-electron chi connectivity index (χ2n) is 6.17. The van der Waals surface area contributed by atoms with Crippen LogP contribution >= 0.6 is 0 Å². The molecule has 0 saturated heterocycles. The van der Waals surface area contributed by atoms with E-state index in [4.69, 9.17) is 0 Å². The molecular weight excluding hydrogens is 329 g/mol. The van der Waals surface area contributed by atoms with Gasteiger partial charge in [-0.2, -0.15) is 13.2 Å². The van der Waals surface area contributed by atoms with Crippen LogP contribution in [0.4, 0.5) is 13.2 Å². The largest absolute Gasteiger partial charge is 0.416 e. The van der Waals surface area contributed by atoms with Crippen LogP contribution in [0.25, 0.3) is 0 Å². The second kappa shape index (κ2) is 8.16. The van der Waals surface area contributed by atoms with Gasteiger partial charge in [0.1, 0.15) is 0 Å². The molecular formula is C19H21F3N2O. The molecule has 1 atom stereocenters. The molecule has 0 unspecified atom stereocenters. The summed E-state index contributed by atoms with van der Waals surface area (Å²) in [6, 6.07) is 14.1. The number of nitrogens with zero attached hydrogens (tertiary/aromatic N) is 1. The van der Waals surface area contributed by atoms with Gasteiger partial charge in [-0.25, -0.2) is 0 Å². The lowest BCUT2D eigenvalue weighted by Gasteiger charge is -2.23. The second-order valence-corrected chi connectivity index (χ2v) is 6.17. The van der Waals surface area contributed by atoms with E-state index in [0.717, 1.165) is 17.7 Å². The summed E-state index contributed by atoms with van der Waals surface area (Å²) < 4.78 is 38.3. The summed E-state index contributed by atoms with van der Waals surface area (Å²) in [4.78, 5) is 14.3. The maximum Gasteiger partial charge on any atom is 0.416 e. The van der Waals surface area contributed by atoms with Gasteiger partial charge >= 0.3 is 6.18 Å². The highest BCUT2D eigenvalue weighted by Crippen LogP contribution is 2.29. The quantitative estimate of drug-likeness (QED) is 0.862. The molecule has 0 aliphatic rings. The minimum atomic E-state index is -4.41. The Morgan fingerprint density at radius 3 is 2.36 bits per heavy atom. The number of amides is 1. The van der Waals surface area contributed by atoms with Crippen molar-refractivity contribution in [2.45, 2.75) is 18.6 Å². The molecule has 2 rings (SSSR count). The highest BCUT2D eigenvalue weighted by atomic mass is 19.4. The van der Waals surface area contributed by atoms with Crippen molar-refractivity contribution >= 4 is 5.91 Å². The Labute approximate surface area is 145 Å². The monoisotopic (exact) mass is 350 g/mol. The van der Waals surface area contributed by atoms with Gasteiger partial charge in [-0.05, 0) is 31.3 Å². The van der Waals surface area contributed by atoms with Crippen LogP contribution in [0.5, 0.6) is 0 Å². The lowest BCUT2D eigenvalue weighted by Crippen LogP contribution is -2.36. The van der Waals surface area contributed by atoms with Gasteiger partial charge in [-0.15, -0.1) is 0 Å². The minimum absolute atomic E-state index is 0.0965. The minimum Gasteiger partial charge on any atom is -0.348 e. The van der Waals surface area contributed by atoms with E-state index < -0.39 is 11.7 Å². The van der Waals surface area contributed by atoms with Gasteiger partial charge in [0.25, 0.3) is 0 Å². The number of halogens is 3. The van der Waals surface area contributed by atoms with E-state index in [0.29, 0.717) is 12.1 Å². The predicted molar refractivity (Wildman–Crippen MR) is 91.0 cm³/mol. The van der Waals surface area contributed by atoms with E-state index in [2.05, 4.69) is 5.32 Å². The zero-order valence-electron chi connectivity index (χ0n) is 14.2. The van der Waals surface area contributed by atoms with Crippen molar-refractivity contribution < 1.29 is 18.0 Å². The number of hydrogen-bond acceptors (Lipinski definition) is 2. The highest BCUT2D eigenvalue weighted by molar-refractivity contribution is 5.79. The van der Waals surface area contributed by atoms with Crippen LogP contribution in [-0.2, 0) is 17.4 Å². The van der Waals surface area contributed by atoms with Gasteiger partial charge in [-0.1, -0.05) is 48.5 Å². The molecule has 1 amide bonds. The summed E-state index contributed by atoms with van der Waals surface area (Å²) in [6.07, 6.45) is -4.51. The predicted octanol–water partition coefficient (Wildman–Crippen LogP) is 3.67. The van der Waals surface area contributed by atoms with Crippen LogP contribution < -0.4 is 5.32 Å². The molecule has 0 aliphatic carbocycles. The Bertz CT molecular complexity index is 699. The van der Waals surface area contributed by atoms with Crippen LogP contribution in [0.2, 0.25) is 0 Å². The summed E-state index contributed by atoms with van der Waals surface area (Å²) in [5.41, 5.74) is 0.545. The first-order chi connectivity index (χ1) is 11.8. The van der Waals surface area contributed by atoms with Crippen molar-refractivity contribution in [2.75, 3.05) is 20.6 Å². The van der Waals surface area contributed by atoms with Crippen LogP contribution in [0.3, 0.4) is 0 Å². The average molecular weight is 350 g/mol. The van der Waals surface area contributed by atoms with Crippen molar-refractivity contribution in [1.29, 1.82) is 0 Å². The van der Waals surface area contributed by atoms with Crippen molar-refractivity contribution in [3.05, 3.63) is 71.3 Å². The Morgan fingerprint density at radius 1 is 1.08 bits per heavy atom. The van der Waals surface area contributed by atoms with Crippen LogP contribution in [0, 0.1) is 0 Å². The fourth-order valence-corrected chi connectivity index (χ4v) is 2.57. The molecule has 0 bridgehead atoms. The highest BCUT2D eigenvalue weighted by Gasteiger charge is 2.30. The van der Waals surface area contributed by atoms with Crippen molar-refractivity contribution in [3.63, 3.8) is 0 Å². The molecule has 0 radical (unpaired) electrons. The van der Waals surface area contributed by atoms with Crippen LogP contribution in [0.1, 0.15) is 22.7 Å². The third-order valence-corrected chi connectivity index (χ3v) is 3.70. The van der Waals surface area contributed by atoms with Crippen molar-refractivity contribution in [1.82, 2.24) is 10.2 Å². The zero-order chi connectivity index (χ0) is 18.4. The van der Waals surface area contributed by atoms with E-state index in [1.54, 1.807) is 0 Å². The first-order valence-corrected chi connectivity index (χ1v) is 7.91. The number of carbonyl (C=O) groups is 1. The average Bonchev–Trinajstić information content (AvgIpc) is 2.54. The number of carbonyl (C=O) groups excluding carboxylic acids is 1. The molecule has 6 heteroatoms. The number of benzene rings is 2. The fourth-order valence-electron chi connectivity index (χ4n) is 2.57. The third kappa shape index (κ3) is 5.90. The number of hydrogen-bond donors (Lipinski definition) is 1. The molecule has 3 nitrogen and oxygen atoms in total. The van der Waals surface area contributed by atoms with Crippen LogP contribution in [-0.4, -0.2) is 31.4 Å². The fraction of sp³-hybridized carbons (Fsp3) is 0.316. The Kier molecular flexibility index (Phi) is 6.20. The van der Waals surface area contributed by atoms with E-state index in [1.807, 2.05) is 49.3 Å². The van der Waals surface area contributed by atoms with Gasteiger partial charge in [-0.3, -0.25) is 4.79 Å². The van der Waals surface area contributed by atoms with Gasteiger partial charge in [0.15, 0.2) is 0 Å². The van der Waals surface area contributed by atoms with Gasteiger partial charge in [0.05, 0.1) is 18.0 Å². The summed E-state index contributed by atoms with van der Waals surface area (Å²) in [6.45, 7) is 0.596. The van der Waals surface area contributed by atoms with E-state index in [9.17, 15) is 18.0 Å². The summed E-state index contributed by atoms with van der Waals surface area (Å²) in [7, 11) is 3.80. The Hall–Kier alpha value is -2.34. The SMILES string of the molecule is CN(C)C[C@H](NC(=O)Cc1cccc(C(F)(F)F)c1)c1ccccc1. The first-order valence-electron chi connectivity index (χ1n) is 7.91. The number of nitrogens with one attached hydrogen (secondary N) is 1. The molecule has 1 N–H and O–H groups in total. The molecule has 0 aliphatic heterocycles. The van der Waals surface area contributed by atoms with Crippen molar-refractivity contribution in [2.24, 2.45) is 0 Å². The molecule has 0 spiro atoms. The molecule has 0 aromatic heterocycles. The number of alkyl halides is 3. The molecule has 25 heavy (non-hydrogen) atoms. The molecule has 2 aromatic rings. The topological polar surface area (TPSA) is 32.3 Å². The first kappa shape index (κ1) is 19.0. The van der Waals surface area contributed by atoms with E-state index in [-0.39, 0.29) is 18.4 Å². The van der Waals surface area contributed by atoms with E-state index in [1.165, 1.54) is 12.1 Å². The standard InChI is InChI=1S/C19H21F3N2O/c1-24(2)13-17(15-8-4-3-5-9-15)23-18(25)12-14-7-6-10-16(11-14)19(20,21)22/h3-11,17H,12-13H2,1-2H3,(H,23,25)/t17-/m0/s1. The van der Waals surface area contributed by atoms with Crippen molar-refractivity contribution in [3.8, 4) is 0 Å². The summed E-state index contributed by atoms with van der Waals surface area (Å²) in [5.74, 6) is -0.310. The number of likely N-dealkylation sites (N-methyl/N-ethyl adjacent to an activating group) is 1. The van der Waals surface area contributed by atoms with E-state index >= 15 is 0 Å². The number of rotatable bonds is 6. The Balaban J connectivity index is 2.09. The molecule has 134 valence electrons. The summed E-state index contributed by atoms with van der Waals surface area (Å²) >= 11 is 0. The smallest absolute Gasteiger partial charge is 0.348 e. The zero-order valence-corrected chi connectivity index (χ0v) is 14.2. The normalized spacial score (nSPS) is 12.9. The molecule has 0 heterocycles. The van der Waals surface area contributed by atoms with Gasteiger partial charge < -0.3 is 10.2 Å². The third-order valence-electron chi connectivity index (χ3n) is 3.70. The Morgan fingerprint density at radius 2 is 1.76 bits per heavy atom. The lowest BCUT2D eigenvalue weighted by atomic mass is 10.0. The molecule has 2 aromatic carbocycles. The molecule has 0 fully saturated rings. The van der Waals surface area contributed by atoms with Crippen LogP contribution in [0.15, 0.2) is 54.6 Å².